The lowest BCUT2D eigenvalue weighted by atomic mass is 9.99. The molecule has 1 amide bonds. The monoisotopic (exact) mass is 398 g/mol. The second-order valence-corrected chi connectivity index (χ2v) is 9.84. The number of carbonyl (C=O) groups is 1. The van der Waals surface area contributed by atoms with Gasteiger partial charge in [0.05, 0.1) is 10.3 Å². The molecule has 0 spiro atoms. The number of sulfonamides is 1. The van der Waals surface area contributed by atoms with Crippen molar-refractivity contribution in [3.8, 4) is 0 Å². The van der Waals surface area contributed by atoms with Crippen LogP contribution < -0.4 is 5.32 Å². The van der Waals surface area contributed by atoms with E-state index < -0.39 is 10.0 Å². The topological polar surface area (TPSA) is 66.5 Å². The molecule has 0 radical (unpaired) electrons. The molecule has 1 N–H and O–H groups in total. The molecule has 5 nitrogen and oxygen atoms in total. The average molecular weight is 399 g/mol. The predicted octanol–water partition coefficient (Wildman–Crippen LogP) is 3.12. The van der Waals surface area contributed by atoms with Crippen molar-refractivity contribution >= 4 is 38.9 Å². The SMILES string of the molecule is O=C(NCc1ccccc1)C1CCCN(S(=O)(=O)c2ccc(Cl)s2)C1. The third-order valence-electron chi connectivity index (χ3n) is 4.21. The second kappa shape index (κ2) is 7.86. The molecule has 1 saturated heterocycles. The van der Waals surface area contributed by atoms with E-state index in [9.17, 15) is 13.2 Å². The molecule has 2 aromatic rings. The van der Waals surface area contributed by atoms with Gasteiger partial charge in [-0.15, -0.1) is 11.3 Å². The highest BCUT2D eigenvalue weighted by Crippen LogP contribution is 2.30. The van der Waals surface area contributed by atoms with Gasteiger partial charge in [0, 0.05) is 19.6 Å². The first-order valence-electron chi connectivity index (χ1n) is 8.04. The normalized spacial score (nSPS) is 18.8. The van der Waals surface area contributed by atoms with Gasteiger partial charge in [0.2, 0.25) is 5.91 Å². The van der Waals surface area contributed by atoms with Crippen LogP contribution in [0.4, 0.5) is 0 Å². The van der Waals surface area contributed by atoms with Gasteiger partial charge in [-0.1, -0.05) is 41.9 Å². The van der Waals surface area contributed by atoms with Crippen LogP contribution in [0, 0.1) is 5.92 Å². The maximum Gasteiger partial charge on any atom is 0.252 e. The van der Waals surface area contributed by atoms with Crippen LogP contribution in [0.3, 0.4) is 0 Å². The fourth-order valence-electron chi connectivity index (χ4n) is 2.87. The van der Waals surface area contributed by atoms with Crippen molar-refractivity contribution in [1.29, 1.82) is 0 Å². The molecule has 1 aromatic heterocycles. The quantitative estimate of drug-likeness (QED) is 0.841. The zero-order valence-corrected chi connectivity index (χ0v) is 15.9. The van der Waals surface area contributed by atoms with E-state index in [1.54, 1.807) is 6.07 Å². The highest BCUT2D eigenvalue weighted by atomic mass is 35.5. The Morgan fingerprint density at radius 1 is 1.24 bits per heavy atom. The Bertz CT molecular complexity index is 837. The Balaban J connectivity index is 1.63. The molecule has 8 heteroatoms. The van der Waals surface area contributed by atoms with E-state index in [4.69, 9.17) is 11.6 Å². The third-order valence-corrected chi connectivity index (χ3v) is 7.77. The van der Waals surface area contributed by atoms with Crippen molar-refractivity contribution in [3.63, 3.8) is 0 Å². The molecule has 1 atom stereocenters. The summed E-state index contributed by atoms with van der Waals surface area (Å²) in [5.74, 6) is -0.435. The van der Waals surface area contributed by atoms with Crippen molar-refractivity contribution in [3.05, 3.63) is 52.4 Å². The first kappa shape index (κ1) is 18.4. The largest absolute Gasteiger partial charge is 0.352 e. The van der Waals surface area contributed by atoms with Gasteiger partial charge in [-0.3, -0.25) is 4.79 Å². The number of rotatable bonds is 5. The summed E-state index contributed by atoms with van der Waals surface area (Å²) in [6, 6.07) is 12.7. The lowest BCUT2D eigenvalue weighted by molar-refractivity contribution is -0.126. The van der Waals surface area contributed by atoms with Crippen LogP contribution in [0.25, 0.3) is 0 Å². The zero-order chi connectivity index (χ0) is 17.9. The van der Waals surface area contributed by atoms with Gasteiger partial charge < -0.3 is 5.32 Å². The third kappa shape index (κ3) is 4.41. The molecular formula is C17H19ClN2O3S2. The Kier molecular flexibility index (Phi) is 5.78. The van der Waals surface area contributed by atoms with Gasteiger partial charge in [-0.05, 0) is 30.5 Å². The summed E-state index contributed by atoms with van der Waals surface area (Å²) in [6.07, 6.45) is 1.36. The lowest BCUT2D eigenvalue weighted by Gasteiger charge is -2.30. The van der Waals surface area contributed by atoms with Crippen molar-refractivity contribution < 1.29 is 13.2 Å². The maximum atomic E-state index is 12.7. The van der Waals surface area contributed by atoms with E-state index in [-0.39, 0.29) is 22.6 Å². The molecule has 0 saturated carbocycles. The molecule has 1 fully saturated rings. The van der Waals surface area contributed by atoms with Crippen LogP contribution in [-0.2, 0) is 21.4 Å². The minimum absolute atomic E-state index is 0.104. The Morgan fingerprint density at radius 2 is 2.00 bits per heavy atom. The van der Waals surface area contributed by atoms with Crippen LogP contribution in [0.2, 0.25) is 4.34 Å². The number of amides is 1. The van der Waals surface area contributed by atoms with Crippen LogP contribution in [0.15, 0.2) is 46.7 Å². The summed E-state index contributed by atoms with van der Waals surface area (Å²) in [5.41, 5.74) is 1.02. The van der Waals surface area contributed by atoms with E-state index in [1.807, 2.05) is 30.3 Å². The highest BCUT2D eigenvalue weighted by Gasteiger charge is 2.33. The Labute approximate surface area is 156 Å². The number of thiophene rings is 1. The zero-order valence-electron chi connectivity index (χ0n) is 13.5. The van der Waals surface area contributed by atoms with Gasteiger partial charge >= 0.3 is 0 Å². The fourth-order valence-corrected chi connectivity index (χ4v) is 6.03. The molecule has 1 aliphatic heterocycles. The average Bonchev–Trinajstić information content (AvgIpc) is 3.08. The number of piperidine rings is 1. The van der Waals surface area contributed by atoms with Gasteiger partial charge in [-0.2, -0.15) is 4.31 Å². The first-order chi connectivity index (χ1) is 12.0. The molecule has 1 aromatic carbocycles. The van der Waals surface area contributed by atoms with Crippen LogP contribution in [-0.4, -0.2) is 31.7 Å². The minimum Gasteiger partial charge on any atom is -0.352 e. The number of benzene rings is 1. The van der Waals surface area contributed by atoms with Crippen LogP contribution >= 0.6 is 22.9 Å². The van der Waals surface area contributed by atoms with Crippen molar-refractivity contribution in [2.45, 2.75) is 23.6 Å². The smallest absolute Gasteiger partial charge is 0.252 e. The van der Waals surface area contributed by atoms with Crippen LogP contribution in [0.1, 0.15) is 18.4 Å². The molecule has 1 unspecified atom stereocenters. The van der Waals surface area contributed by atoms with Gasteiger partial charge in [-0.25, -0.2) is 8.42 Å². The number of nitrogens with zero attached hydrogens (tertiary/aromatic N) is 1. The Hall–Kier alpha value is -1.41. The molecule has 3 rings (SSSR count). The molecule has 1 aliphatic rings. The first-order valence-corrected chi connectivity index (χ1v) is 10.7. The molecule has 134 valence electrons. The Morgan fingerprint density at radius 3 is 2.68 bits per heavy atom. The molecule has 25 heavy (non-hydrogen) atoms. The highest BCUT2D eigenvalue weighted by molar-refractivity contribution is 7.91. The molecule has 0 aliphatic carbocycles. The van der Waals surface area contributed by atoms with Gasteiger partial charge in [0.15, 0.2) is 0 Å². The van der Waals surface area contributed by atoms with E-state index in [2.05, 4.69) is 5.32 Å². The van der Waals surface area contributed by atoms with Gasteiger partial charge in [0.25, 0.3) is 10.0 Å². The summed E-state index contributed by atoms with van der Waals surface area (Å²) in [4.78, 5) is 12.4. The second-order valence-electron chi connectivity index (χ2n) is 5.96. The number of hydrogen-bond acceptors (Lipinski definition) is 4. The summed E-state index contributed by atoms with van der Waals surface area (Å²) in [6.45, 7) is 1.09. The van der Waals surface area contributed by atoms with Crippen molar-refractivity contribution in [2.24, 2.45) is 5.92 Å². The van der Waals surface area contributed by atoms with E-state index in [0.717, 1.165) is 16.9 Å². The van der Waals surface area contributed by atoms with Crippen LogP contribution in [0.5, 0.6) is 0 Å². The van der Waals surface area contributed by atoms with E-state index >= 15 is 0 Å². The summed E-state index contributed by atoms with van der Waals surface area (Å²) >= 11 is 6.90. The number of hydrogen-bond donors (Lipinski definition) is 1. The summed E-state index contributed by atoms with van der Waals surface area (Å²) in [5, 5.41) is 2.91. The summed E-state index contributed by atoms with van der Waals surface area (Å²) < 4.78 is 27.4. The number of halogens is 1. The number of carbonyl (C=O) groups excluding carboxylic acids is 1. The van der Waals surface area contributed by atoms with Gasteiger partial charge in [0.1, 0.15) is 4.21 Å². The predicted molar refractivity (Wildman–Crippen MR) is 99.1 cm³/mol. The van der Waals surface area contributed by atoms with Crippen molar-refractivity contribution in [2.75, 3.05) is 13.1 Å². The van der Waals surface area contributed by atoms with E-state index in [0.29, 0.717) is 30.3 Å². The molecule has 2 heterocycles. The minimum atomic E-state index is -3.59. The molecule has 0 bridgehead atoms. The number of nitrogens with one attached hydrogen (secondary N) is 1. The fraction of sp³-hybridized carbons (Fsp3) is 0.353. The lowest BCUT2D eigenvalue weighted by Crippen LogP contribution is -2.45. The van der Waals surface area contributed by atoms with E-state index in [1.165, 1.54) is 10.4 Å². The maximum absolute atomic E-state index is 12.7. The summed E-state index contributed by atoms with van der Waals surface area (Å²) in [7, 11) is -3.59. The molecular weight excluding hydrogens is 380 g/mol. The standard InChI is InChI=1S/C17H19ClN2O3S2/c18-15-8-9-16(24-15)25(22,23)20-10-4-7-14(12-20)17(21)19-11-13-5-2-1-3-6-13/h1-3,5-6,8-9,14H,4,7,10-12H2,(H,19,21). The van der Waals surface area contributed by atoms with Crippen molar-refractivity contribution in [1.82, 2.24) is 9.62 Å².